The number of hydrogen-bond acceptors (Lipinski definition) is 4. The SMILES string of the molecule is O=C(S[C@@H]1N[C@@H](c2ccccc2)N[C@H]1[P+](c1ccccc1)(c1ccccc1)c1ccccc1)c1ccccc1. The van der Waals surface area contributed by atoms with Crippen LogP contribution in [0.1, 0.15) is 22.1 Å². The fourth-order valence-corrected chi connectivity index (χ4v) is 11.8. The Hall–Kier alpha value is -3.53. The lowest BCUT2D eigenvalue weighted by atomic mass is 10.2. The largest absolute Gasteiger partial charge is 0.282 e. The Bertz CT molecular complexity index is 1410. The van der Waals surface area contributed by atoms with Crippen molar-refractivity contribution in [1.29, 1.82) is 0 Å². The van der Waals surface area contributed by atoms with Gasteiger partial charge in [-0.3, -0.25) is 15.4 Å². The maximum atomic E-state index is 13.6. The van der Waals surface area contributed by atoms with Gasteiger partial charge in [0, 0.05) is 5.56 Å². The standard InChI is InChI=1S/C34H30N2OPS/c37-34(27-18-8-2-9-19-27)39-33-32(35-31(36-33)26-16-6-1-7-17-26)38(28-20-10-3-11-21-28,29-22-12-4-13-23-29)30-24-14-5-15-25-30/h1-25,31-33,35-36H/q+1/t31-,32-,33-/m0/s1. The molecule has 1 saturated heterocycles. The molecule has 39 heavy (non-hydrogen) atoms. The first-order chi connectivity index (χ1) is 19.3. The van der Waals surface area contributed by atoms with E-state index < -0.39 is 7.26 Å². The molecule has 0 bridgehead atoms. The van der Waals surface area contributed by atoms with E-state index in [1.807, 2.05) is 36.4 Å². The van der Waals surface area contributed by atoms with E-state index in [-0.39, 0.29) is 22.4 Å². The average molecular weight is 546 g/mol. The second-order valence-electron chi connectivity index (χ2n) is 9.54. The molecular formula is C34H30N2OPS+. The van der Waals surface area contributed by atoms with E-state index >= 15 is 0 Å². The molecule has 0 radical (unpaired) electrons. The van der Waals surface area contributed by atoms with Gasteiger partial charge in [0.25, 0.3) is 0 Å². The van der Waals surface area contributed by atoms with E-state index in [2.05, 4.69) is 126 Å². The third-order valence-electron chi connectivity index (χ3n) is 7.24. The van der Waals surface area contributed by atoms with E-state index in [1.54, 1.807) is 0 Å². The van der Waals surface area contributed by atoms with Crippen LogP contribution in [0.3, 0.4) is 0 Å². The number of carbonyl (C=O) groups is 1. The maximum Gasteiger partial charge on any atom is 0.221 e. The van der Waals surface area contributed by atoms with Crippen molar-refractivity contribution in [3.8, 4) is 0 Å². The lowest BCUT2D eigenvalue weighted by Gasteiger charge is -2.35. The van der Waals surface area contributed by atoms with Crippen LogP contribution in [0.2, 0.25) is 0 Å². The molecule has 1 aliphatic heterocycles. The number of rotatable bonds is 7. The fourth-order valence-electron chi connectivity index (χ4n) is 5.49. The summed E-state index contributed by atoms with van der Waals surface area (Å²) in [7, 11) is -2.31. The Morgan fingerprint density at radius 1 is 0.538 bits per heavy atom. The third-order valence-corrected chi connectivity index (χ3v) is 13.2. The number of hydrogen-bond donors (Lipinski definition) is 2. The highest BCUT2D eigenvalue weighted by Gasteiger charge is 2.59. The van der Waals surface area contributed by atoms with Crippen LogP contribution in [0.15, 0.2) is 152 Å². The van der Waals surface area contributed by atoms with Crippen LogP contribution in [0.25, 0.3) is 0 Å². The van der Waals surface area contributed by atoms with Crippen LogP contribution in [0.4, 0.5) is 0 Å². The summed E-state index contributed by atoms with van der Waals surface area (Å²) in [5, 5.41) is 11.6. The minimum atomic E-state index is -2.31. The van der Waals surface area contributed by atoms with Crippen LogP contribution in [0, 0.1) is 0 Å². The van der Waals surface area contributed by atoms with E-state index in [0.29, 0.717) is 5.56 Å². The van der Waals surface area contributed by atoms with Gasteiger partial charge in [-0.1, -0.05) is 127 Å². The first kappa shape index (κ1) is 25.7. The van der Waals surface area contributed by atoms with Gasteiger partial charge >= 0.3 is 0 Å². The molecule has 5 aromatic carbocycles. The highest BCUT2D eigenvalue weighted by Crippen LogP contribution is 2.62. The van der Waals surface area contributed by atoms with Crippen molar-refractivity contribution in [2.75, 3.05) is 0 Å². The predicted molar refractivity (Wildman–Crippen MR) is 167 cm³/mol. The molecular weight excluding hydrogens is 515 g/mol. The molecule has 0 aromatic heterocycles. The molecule has 1 heterocycles. The number of nitrogens with one attached hydrogen (secondary N) is 2. The lowest BCUT2D eigenvalue weighted by Crippen LogP contribution is -2.47. The Kier molecular flexibility index (Phi) is 7.71. The summed E-state index contributed by atoms with van der Waals surface area (Å²) in [6.45, 7) is 0. The van der Waals surface area contributed by atoms with Crippen molar-refractivity contribution in [3.05, 3.63) is 163 Å². The molecule has 0 unspecified atom stereocenters. The molecule has 5 heteroatoms. The summed E-state index contributed by atoms with van der Waals surface area (Å²) in [6, 6.07) is 52.6. The molecule has 192 valence electrons. The van der Waals surface area contributed by atoms with Gasteiger partial charge in [-0.25, -0.2) is 0 Å². The monoisotopic (exact) mass is 545 g/mol. The van der Waals surface area contributed by atoms with Crippen LogP contribution >= 0.6 is 19.0 Å². The first-order valence-electron chi connectivity index (χ1n) is 13.2. The van der Waals surface area contributed by atoms with Gasteiger partial charge in [-0.2, -0.15) is 0 Å². The lowest BCUT2D eigenvalue weighted by molar-refractivity contribution is 0.108. The summed E-state index contributed by atoms with van der Waals surface area (Å²) in [6.07, 6.45) is -0.0900. The molecule has 0 saturated carbocycles. The molecule has 3 nitrogen and oxygen atoms in total. The predicted octanol–water partition coefficient (Wildman–Crippen LogP) is 6.10. The van der Waals surface area contributed by atoms with Gasteiger partial charge < -0.3 is 0 Å². The van der Waals surface area contributed by atoms with Crippen LogP contribution in [-0.2, 0) is 0 Å². The molecule has 3 atom stereocenters. The van der Waals surface area contributed by atoms with E-state index in [1.165, 1.54) is 27.7 Å². The number of carbonyl (C=O) groups excluding carboxylic acids is 1. The van der Waals surface area contributed by atoms with Gasteiger partial charge in [0.2, 0.25) is 5.12 Å². The Labute approximate surface area is 235 Å². The molecule has 2 N–H and O–H groups in total. The van der Waals surface area contributed by atoms with Gasteiger partial charge in [0.1, 0.15) is 28.5 Å². The zero-order valence-corrected chi connectivity index (χ0v) is 23.1. The third kappa shape index (κ3) is 5.09. The molecule has 1 aliphatic rings. The van der Waals surface area contributed by atoms with Crippen molar-refractivity contribution in [2.24, 2.45) is 0 Å². The second-order valence-corrected chi connectivity index (χ2v) is 14.2. The summed E-state index contributed by atoms with van der Waals surface area (Å²) < 4.78 is 0. The molecule has 5 aromatic rings. The van der Waals surface area contributed by atoms with E-state index in [9.17, 15) is 4.79 Å². The summed E-state index contributed by atoms with van der Waals surface area (Å²) >= 11 is 1.39. The first-order valence-corrected chi connectivity index (χ1v) is 15.9. The number of thioether (sulfide) groups is 1. The van der Waals surface area contributed by atoms with Crippen molar-refractivity contribution in [1.82, 2.24) is 10.6 Å². The summed E-state index contributed by atoms with van der Waals surface area (Å²) in [5.41, 5.74) is 1.87. The van der Waals surface area contributed by atoms with Gasteiger partial charge in [0.15, 0.2) is 5.78 Å². The van der Waals surface area contributed by atoms with Crippen molar-refractivity contribution in [2.45, 2.75) is 17.3 Å². The summed E-state index contributed by atoms with van der Waals surface area (Å²) in [5.74, 6) is -0.0485. The minimum absolute atomic E-state index is 0.0485. The van der Waals surface area contributed by atoms with Gasteiger partial charge in [-0.05, 0) is 42.0 Å². The molecule has 0 aliphatic carbocycles. The Morgan fingerprint density at radius 2 is 0.949 bits per heavy atom. The van der Waals surface area contributed by atoms with Gasteiger partial charge in [-0.15, -0.1) is 0 Å². The highest BCUT2D eigenvalue weighted by molar-refractivity contribution is 8.15. The normalized spacial score (nSPS) is 19.0. The molecule has 0 spiro atoms. The van der Waals surface area contributed by atoms with Crippen molar-refractivity contribution in [3.63, 3.8) is 0 Å². The van der Waals surface area contributed by atoms with Crippen LogP contribution < -0.4 is 26.5 Å². The smallest absolute Gasteiger partial charge is 0.221 e. The molecule has 0 amide bonds. The molecule has 1 fully saturated rings. The summed E-state index contributed by atoms with van der Waals surface area (Å²) in [4.78, 5) is 13.6. The van der Waals surface area contributed by atoms with E-state index in [4.69, 9.17) is 0 Å². The quantitative estimate of drug-likeness (QED) is 0.243. The molecule has 6 rings (SSSR count). The number of benzene rings is 5. The van der Waals surface area contributed by atoms with Crippen molar-refractivity contribution >= 4 is 40.1 Å². The van der Waals surface area contributed by atoms with Crippen LogP contribution in [-0.4, -0.2) is 16.3 Å². The zero-order chi connectivity index (χ0) is 26.5. The maximum absolute atomic E-state index is 13.6. The van der Waals surface area contributed by atoms with Gasteiger partial charge in [0.05, 0.1) is 6.17 Å². The van der Waals surface area contributed by atoms with Crippen molar-refractivity contribution < 1.29 is 4.79 Å². The Morgan fingerprint density at radius 3 is 1.41 bits per heavy atom. The zero-order valence-electron chi connectivity index (χ0n) is 21.4. The topological polar surface area (TPSA) is 41.1 Å². The minimum Gasteiger partial charge on any atom is -0.282 e. The van der Waals surface area contributed by atoms with Crippen LogP contribution in [0.5, 0.6) is 0 Å². The Balaban J connectivity index is 1.55. The van der Waals surface area contributed by atoms with E-state index in [0.717, 1.165) is 5.56 Å². The average Bonchev–Trinajstić information content (AvgIpc) is 3.44. The second kappa shape index (κ2) is 11.7. The highest BCUT2D eigenvalue weighted by atomic mass is 32.2. The fraction of sp³-hybridized carbons (Fsp3) is 0.0882.